The summed E-state index contributed by atoms with van der Waals surface area (Å²) in [6, 6.07) is 10.9. The lowest BCUT2D eigenvalue weighted by atomic mass is 10.2. The highest BCUT2D eigenvalue weighted by Crippen LogP contribution is 2.12. The molecule has 0 unspecified atom stereocenters. The monoisotopic (exact) mass is 254 g/mol. The Bertz CT molecular complexity index is 562. The van der Waals surface area contributed by atoms with E-state index >= 15 is 0 Å². The van der Waals surface area contributed by atoms with Crippen LogP contribution < -0.4 is 10.1 Å². The molecule has 0 saturated heterocycles. The first-order valence-corrected chi connectivity index (χ1v) is 5.81. The van der Waals surface area contributed by atoms with Crippen molar-refractivity contribution in [2.45, 2.75) is 0 Å². The average molecular weight is 254 g/mol. The maximum absolute atomic E-state index is 11.7. The zero-order chi connectivity index (χ0) is 13.5. The van der Waals surface area contributed by atoms with Crippen molar-refractivity contribution in [2.24, 2.45) is 0 Å². The van der Waals surface area contributed by atoms with Crippen LogP contribution in [-0.2, 0) is 4.79 Å². The zero-order valence-corrected chi connectivity index (χ0v) is 10.5. The summed E-state index contributed by atoms with van der Waals surface area (Å²) in [6.07, 6.45) is 6.49. The molecule has 4 nitrogen and oxygen atoms in total. The number of nitrogens with zero attached hydrogens (tertiary/aromatic N) is 1. The second-order valence-electron chi connectivity index (χ2n) is 3.83. The van der Waals surface area contributed by atoms with Crippen molar-refractivity contribution < 1.29 is 9.53 Å². The lowest BCUT2D eigenvalue weighted by molar-refractivity contribution is -0.111. The van der Waals surface area contributed by atoms with E-state index in [1.807, 2.05) is 24.3 Å². The van der Waals surface area contributed by atoms with Gasteiger partial charge in [0, 0.05) is 24.2 Å². The third-order valence-corrected chi connectivity index (χ3v) is 2.49. The molecule has 0 spiro atoms. The first-order chi connectivity index (χ1) is 9.28. The molecule has 0 fully saturated rings. The predicted molar refractivity (Wildman–Crippen MR) is 74.9 cm³/mol. The van der Waals surface area contributed by atoms with E-state index in [1.165, 1.54) is 6.08 Å². The van der Waals surface area contributed by atoms with E-state index in [1.54, 1.807) is 37.7 Å². The number of methoxy groups -OCH3 is 1. The molecule has 0 atom stereocenters. The summed E-state index contributed by atoms with van der Waals surface area (Å²) in [7, 11) is 1.62. The fraction of sp³-hybridized carbons (Fsp3) is 0.0667. The number of carbonyl (C=O) groups excluding carboxylic acids is 1. The summed E-state index contributed by atoms with van der Waals surface area (Å²) in [5.74, 6) is 0.611. The summed E-state index contributed by atoms with van der Waals surface area (Å²) in [4.78, 5) is 15.5. The van der Waals surface area contributed by atoms with Gasteiger partial charge < -0.3 is 10.1 Å². The predicted octanol–water partition coefficient (Wildman–Crippen LogP) is 2.74. The van der Waals surface area contributed by atoms with E-state index in [9.17, 15) is 4.79 Å². The lowest BCUT2D eigenvalue weighted by Gasteiger charge is -2.01. The number of ether oxygens (including phenoxy) is 1. The number of amides is 1. The van der Waals surface area contributed by atoms with Gasteiger partial charge in [-0.1, -0.05) is 12.1 Å². The Kier molecular flexibility index (Phi) is 4.29. The third kappa shape index (κ3) is 3.96. The topological polar surface area (TPSA) is 51.2 Å². The van der Waals surface area contributed by atoms with E-state index in [0.29, 0.717) is 0 Å². The Labute approximate surface area is 111 Å². The van der Waals surface area contributed by atoms with Crippen LogP contribution in [0.1, 0.15) is 5.56 Å². The van der Waals surface area contributed by atoms with Crippen LogP contribution in [0.3, 0.4) is 0 Å². The van der Waals surface area contributed by atoms with Crippen LogP contribution in [0.4, 0.5) is 5.69 Å². The molecule has 0 saturated carbocycles. The molecule has 4 heteroatoms. The summed E-state index contributed by atoms with van der Waals surface area (Å²) < 4.78 is 5.06. The number of pyridine rings is 1. The largest absolute Gasteiger partial charge is 0.497 e. The van der Waals surface area contributed by atoms with Crippen molar-refractivity contribution in [1.82, 2.24) is 4.98 Å². The van der Waals surface area contributed by atoms with Crippen molar-refractivity contribution in [1.29, 1.82) is 0 Å². The van der Waals surface area contributed by atoms with Crippen LogP contribution in [0.5, 0.6) is 5.75 Å². The maximum Gasteiger partial charge on any atom is 0.248 e. The molecule has 1 aromatic carbocycles. The van der Waals surface area contributed by atoms with Gasteiger partial charge in [-0.25, -0.2) is 0 Å². The molecular formula is C15H14N2O2. The summed E-state index contributed by atoms with van der Waals surface area (Å²) in [5, 5.41) is 2.74. The number of hydrogen-bond acceptors (Lipinski definition) is 3. The second-order valence-corrected chi connectivity index (χ2v) is 3.83. The van der Waals surface area contributed by atoms with Gasteiger partial charge in [0.2, 0.25) is 5.91 Å². The van der Waals surface area contributed by atoms with E-state index in [4.69, 9.17) is 4.74 Å². The normalized spacial score (nSPS) is 10.4. The molecule has 1 N–H and O–H groups in total. The van der Waals surface area contributed by atoms with Gasteiger partial charge >= 0.3 is 0 Å². The van der Waals surface area contributed by atoms with Gasteiger partial charge in [-0.2, -0.15) is 0 Å². The Morgan fingerprint density at radius 3 is 2.47 bits per heavy atom. The lowest BCUT2D eigenvalue weighted by Crippen LogP contribution is -2.07. The van der Waals surface area contributed by atoms with E-state index in [2.05, 4.69) is 10.3 Å². The SMILES string of the molecule is COc1ccc(C=CC(=O)Nc2ccncc2)cc1. The van der Waals surface area contributed by atoms with Crippen molar-refractivity contribution in [3.8, 4) is 5.75 Å². The molecule has 2 rings (SSSR count). The van der Waals surface area contributed by atoms with Crippen LogP contribution in [0, 0.1) is 0 Å². The highest BCUT2D eigenvalue weighted by atomic mass is 16.5. The molecule has 2 aromatic rings. The van der Waals surface area contributed by atoms with E-state index < -0.39 is 0 Å². The Morgan fingerprint density at radius 1 is 1.16 bits per heavy atom. The van der Waals surface area contributed by atoms with Crippen LogP contribution in [-0.4, -0.2) is 18.0 Å². The zero-order valence-electron chi connectivity index (χ0n) is 10.5. The first-order valence-electron chi connectivity index (χ1n) is 5.81. The minimum atomic E-state index is -0.179. The number of anilines is 1. The van der Waals surface area contributed by atoms with Gasteiger partial charge in [0.1, 0.15) is 5.75 Å². The van der Waals surface area contributed by atoms with Gasteiger partial charge in [0.05, 0.1) is 7.11 Å². The van der Waals surface area contributed by atoms with Crippen LogP contribution in [0.15, 0.2) is 54.9 Å². The molecule has 96 valence electrons. The van der Waals surface area contributed by atoms with Crippen LogP contribution in [0.25, 0.3) is 6.08 Å². The molecule has 0 aliphatic heterocycles. The summed E-state index contributed by atoms with van der Waals surface area (Å²) in [6.45, 7) is 0. The summed E-state index contributed by atoms with van der Waals surface area (Å²) in [5.41, 5.74) is 1.66. The van der Waals surface area contributed by atoms with Gasteiger partial charge in [0.15, 0.2) is 0 Å². The van der Waals surface area contributed by atoms with E-state index in [-0.39, 0.29) is 5.91 Å². The first kappa shape index (κ1) is 12.8. The fourth-order valence-electron chi connectivity index (χ4n) is 1.51. The third-order valence-electron chi connectivity index (χ3n) is 2.49. The molecule has 0 bridgehead atoms. The van der Waals surface area contributed by atoms with Crippen molar-refractivity contribution >= 4 is 17.7 Å². The van der Waals surface area contributed by atoms with Crippen molar-refractivity contribution in [3.63, 3.8) is 0 Å². The smallest absolute Gasteiger partial charge is 0.248 e. The number of hydrogen-bond donors (Lipinski definition) is 1. The van der Waals surface area contributed by atoms with Gasteiger partial charge in [0.25, 0.3) is 0 Å². The Balaban J connectivity index is 1.96. The van der Waals surface area contributed by atoms with Crippen LogP contribution >= 0.6 is 0 Å². The molecule has 0 aliphatic carbocycles. The Morgan fingerprint density at radius 2 is 1.84 bits per heavy atom. The minimum absolute atomic E-state index is 0.179. The molecule has 1 amide bonds. The number of rotatable bonds is 4. The molecule has 1 aromatic heterocycles. The van der Waals surface area contributed by atoms with Crippen molar-refractivity contribution in [3.05, 3.63) is 60.4 Å². The quantitative estimate of drug-likeness (QED) is 0.853. The second kappa shape index (κ2) is 6.35. The highest BCUT2D eigenvalue weighted by Gasteiger charge is 1.97. The maximum atomic E-state index is 11.7. The molecule has 19 heavy (non-hydrogen) atoms. The fourth-order valence-corrected chi connectivity index (χ4v) is 1.51. The number of nitrogens with one attached hydrogen (secondary N) is 1. The van der Waals surface area contributed by atoms with Crippen molar-refractivity contribution in [2.75, 3.05) is 12.4 Å². The highest BCUT2D eigenvalue weighted by molar-refractivity contribution is 6.01. The number of aromatic nitrogens is 1. The van der Waals surface area contributed by atoms with Gasteiger partial charge in [-0.3, -0.25) is 9.78 Å². The molecular weight excluding hydrogens is 240 g/mol. The van der Waals surface area contributed by atoms with E-state index in [0.717, 1.165) is 17.0 Å². The summed E-state index contributed by atoms with van der Waals surface area (Å²) >= 11 is 0. The standard InChI is InChI=1S/C15H14N2O2/c1-19-14-5-2-12(3-6-14)4-7-15(18)17-13-8-10-16-11-9-13/h2-11H,1H3,(H,16,17,18). The average Bonchev–Trinajstić information content (AvgIpc) is 2.47. The molecule has 0 aliphatic rings. The molecule has 0 radical (unpaired) electrons. The number of benzene rings is 1. The Hall–Kier alpha value is -2.62. The van der Waals surface area contributed by atoms with Crippen LogP contribution in [0.2, 0.25) is 0 Å². The minimum Gasteiger partial charge on any atom is -0.497 e. The van der Waals surface area contributed by atoms with Gasteiger partial charge in [-0.05, 0) is 35.9 Å². The van der Waals surface area contributed by atoms with Gasteiger partial charge in [-0.15, -0.1) is 0 Å². The molecule has 1 heterocycles. The number of carbonyl (C=O) groups is 1.